The topological polar surface area (TPSA) is 72.0 Å². The van der Waals surface area contributed by atoms with Crippen LogP contribution in [0.3, 0.4) is 0 Å². The van der Waals surface area contributed by atoms with Gasteiger partial charge in [0.05, 0.1) is 19.3 Å². The molecule has 1 atom stereocenters. The first kappa shape index (κ1) is 21.2. The molecular weight excluding hydrogens is 394 g/mol. The summed E-state index contributed by atoms with van der Waals surface area (Å²) in [6.45, 7) is 4.59. The van der Waals surface area contributed by atoms with Crippen LogP contribution in [0.15, 0.2) is 48.7 Å². The van der Waals surface area contributed by atoms with Crippen molar-refractivity contribution in [2.45, 2.75) is 38.9 Å². The summed E-state index contributed by atoms with van der Waals surface area (Å²) in [5.41, 5.74) is 1.92. The molecule has 3 heterocycles. The lowest BCUT2D eigenvalue weighted by molar-refractivity contribution is -0.144. The number of hydrogen-bond donors (Lipinski definition) is 0. The van der Waals surface area contributed by atoms with Gasteiger partial charge in [0.25, 0.3) is 0 Å². The van der Waals surface area contributed by atoms with Crippen LogP contribution in [0.5, 0.6) is 5.75 Å². The summed E-state index contributed by atoms with van der Waals surface area (Å²) in [6.07, 6.45) is 3.70. The Bertz CT molecular complexity index is 881. The minimum atomic E-state index is -0.305. The van der Waals surface area contributed by atoms with Gasteiger partial charge in [-0.05, 0) is 43.9 Å². The Labute approximate surface area is 183 Å². The van der Waals surface area contributed by atoms with E-state index in [1.54, 1.807) is 11.1 Å². The Morgan fingerprint density at radius 2 is 1.84 bits per heavy atom. The van der Waals surface area contributed by atoms with Gasteiger partial charge in [0.1, 0.15) is 18.5 Å². The lowest BCUT2D eigenvalue weighted by Crippen LogP contribution is -2.57. The van der Waals surface area contributed by atoms with Crippen molar-refractivity contribution < 1.29 is 19.1 Å². The van der Waals surface area contributed by atoms with Crippen LogP contribution in [0.2, 0.25) is 0 Å². The molecule has 4 rings (SSSR count). The van der Waals surface area contributed by atoms with Gasteiger partial charge in [0.15, 0.2) is 0 Å². The third-order valence-corrected chi connectivity index (χ3v) is 5.89. The average Bonchev–Trinajstić information content (AvgIpc) is 3.02. The predicted octanol–water partition coefficient (Wildman–Crippen LogP) is 3.42. The normalized spacial score (nSPS) is 19.3. The van der Waals surface area contributed by atoms with E-state index < -0.39 is 0 Å². The number of nitrogens with zero attached hydrogens (tertiary/aromatic N) is 3. The summed E-state index contributed by atoms with van der Waals surface area (Å²) in [7, 11) is 0. The van der Waals surface area contributed by atoms with E-state index in [2.05, 4.69) is 4.98 Å². The van der Waals surface area contributed by atoms with E-state index in [0.717, 1.165) is 29.8 Å². The van der Waals surface area contributed by atoms with Gasteiger partial charge in [-0.2, -0.15) is 0 Å². The van der Waals surface area contributed by atoms with Crippen molar-refractivity contribution in [2.24, 2.45) is 5.92 Å². The molecule has 0 aliphatic carbocycles. The molecule has 2 saturated heterocycles. The summed E-state index contributed by atoms with van der Waals surface area (Å²) in [4.78, 5) is 33.1. The van der Waals surface area contributed by atoms with Crippen LogP contribution in [0.25, 0.3) is 0 Å². The maximum absolute atomic E-state index is 12.9. The fraction of sp³-hybridized carbons (Fsp3) is 0.458. The predicted molar refractivity (Wildman–Crippen MR) is 116 cm³/mol. The molecule has 2 fully saturated rings. The Morgan fingerprint density at radius 1 is 1.03 bits per heavy atom. The molecular formula is C24H29N3O4. The fourth-order valence-corrected chi connectivity index (χ4v) is 4.00. The summed E-state index contributed by atoms with van der Waals surface area (Å²) in [5, 5.41) is 0. The third kappa shape index (κ3) is 5.54. The molecule has 0 N–H and O–H groups in total. The Balaban J connectivity index is 1.20. The highest BCUT2D eigenvalue weighted by atomic mass is 16.6. The van der Waals surface area contributed by atoms with E-state index in [0.29, 0.717) is 32.6 Å². The maximum Gasteiger partial charge on any atom is 0.410 e. The second-order valence-corrected chi connectivity index (χ2v) is 8.27. The lowest BCUT2D eigenvalue weighted by Gasteiger charge is -2.40. The van der Waals surface area contributed by atoms with Gasteiger partial charge >= 0.3 is 6.09 Å². The molecule has 31 heavy (non-hydrogen) atoms. The van der Waals surface area contributed by atoms with Gasteiger partial charge in [-0.1, -0.05) is 30.3 Å². The molecule has 2 aliphatic rings. The van der Waals surface area contributed by atoms with E-state index in [4.69, 9.17) is 9.47 Å². The molecule has 1 aromatic heterocycles. The van der Waals surface area contributed by atoms with Crippen molar-refractivity contribution in [3.8, 4) is 5.75 Å². The van der Waals surface area contributed by atoms with Crippen LogP contribution >= 0.6 is 0 Å². The molecule has 0 bridgehead atoms. The zero-order valence-corrected chi connectivity index (χ0v) is 17.9. The van der Waals surface area contributed by atoms with Gasteiger partial charge in [0.2, 0.25) is 5.91 Å². The van der Waals surface area contributed by atoms with Gasteiger partial charge in [0, 0.05) is 24.7 Å². The zero-order valence-electron chi connectivity index (χ0n) is 17.9. The number of aryl methyl sites for hydroxylation is 1. The average molecular weight is 424 g/mol. The summed E-state index contributed by atoms with van der Waals surface area (Å²) < 4.78 is 11.3. The third-order valence-electron chi connectivity index (χ3n) is 5.89. The Kier molecular flexibility index (Phi) is 6.70. The van der Waals surface area contributed by atoms with Gasteiger partial charge in [-0.25, -0.2) is 4.79 Å². The molecule has 2 amide bonds. The summed E-state index contributed by atoms with van der Waals surface area (Å²) in [5.74, 6) is 0.858. The van der Waals surface area contributed by atoms with Crippen molar-refractivity contribution in [3.63, 3.8) is 0 Å². The number of aromatic nitrogens is 1. The highest BCUT2D eigenvalue weighted by Crippen LogP contribution is 2.25. The molecule has 2 aliphatic heterocycles. The van der Waals surface area contributed by atoms with E-state index in [1.807, 2.05) is 54.3 Å². The lowest BCUT2D eigenvalue weighted by atomic mass is 9.97. The smallest absolute Gasteiger partial charge is 0.410 e. The van der Waals surface area contributed by atoms with Gasteiger partial charge in [-0.3, -0.25) is 9.78 Å². The van der Waals surface area contributed by atoms with Gasteiger partial charge < -0.3 is 19.3 Å². The Morgan fingerprint density at radius 3 is 2.58 bits per heavy atom. The van der Waals surface area contributed by atoms with E-state index in [1.165, 1.54) is 0 Å². The van der Waals surface area contributed by atoms with Crippen LogP contribution in [0.4, 0.5) is 4.79 Å². The molecule has 2 aromatic rings. The van der Waals surface area contributed by atoms with E-state index in [-0.39, 0.29) is 30.6 Å². The molecule has 1 aromatic carbocycles. The van der Waals surface area contributed by atoms with Gasteiger partial charge in [-0.15, -0.1) is 0 Å². The molecule has 7 nitrogen and oxygen atoms in total. The quantitative estimate of drug-likeness (QED) is 0.737. The second kappa shape index (κ2) is 9.81. The largest absolute Gasteiger partial charge is 0.485 e. The summed E-state index contributed by atoms with van der Waals surface area (Å²) in [6, 6.07) is 13.5. The highest BCUT2D eigenvalue weighted by molar-refractivity contribution is 5.80. The SMILES string of the molecule is Cc1ccc(OC2CN(C(=O)C3CCCN(C(=O)OCc4ccccc4)CC3)C2)cn1. The highest BCUT2D eigenvalue weighted by Gasteiger charge is 2.36. The van der Waals surface area contributed by atoms with Crippen molar-refractivity contribution in [1.82, 2.24) is 14.8 Å². The van der Waals surface area contributed by atoms with E-state index >= 15 is 0 Å². The van der Waals surface area contributed by atoms with E-state index in [9.17, 15) is 9.59 Å². The number of pyridine rings is 1. The minimum absolute atomic E-state index is 0.0173. The first-order valence-electron chi connectivity index (χ1n) is 10.9. The number of likely N-dealkylation sites (tertiary alicyclic amines) is 2. The van der Waals surface area contributed by atoms with Crippen molar-refractivity contribution in [1.29, 1.82) is 0 Å². The Hall–Kier alpha value is -3.09. The van der Waals surface area contributed by atoms with Crippen LogP contribution in [0, 0.1) is 12.8 Å². The van der Waals surface area contributed by atoms with Crippen LogP contribution in [0.1, 0.15) is 30.5 Å². The van der Waals surface area contributed by atoms with Crippen LogP contribution in [-0.4, -0.2) is 59.1 Å². The standard InChI is InChI=1S/C24H29N3O4/c1-18-9-10-21(14-25-18)31-22-15-27(16-22)23(28)20-8-5-12-26(13-11-20)24(29)30-17-19-6-3-2-4-7-19/h2-4,6-7,9-10,14,20,22H,5,8,11-13,15-17H2,1H3. The van der Waals surface area contributed by atoms with Crippen molar-refractivity contribution in [2.75, 3.05) is 26.2 Å². The number of benzene rings is 1. The molecule has 0 spiro atoms. The molecule has 0 saturated carbocycles. The first-order valence-corrected chi connectivity index (χ1v) is 10.9. The number of ether oxygens (including phenoxy) is 2. The zero-order chi connectivity index (χ0) is 21.6. The number of rotatable bonds is 5. The molecule has 0 radical (unpaired) electrons. The number of carbonyl (C=O) groups excluding carboxylic acids is 2. The number of hydrogen-bond acceptors (Lipinski definition) is 5. The monoisotopic (exact) mass is 423 g/mol. The minimum Gasteiger partial charge on any atom is -0.485 e. The van der Waals surface area contributed by atoms with Crippen molar-refractivity contribution >= 4 is 12.0 Å². The molecule has 7 heteroatoms. The number of carbonyl (C=O) groups is 2. The summed E-state index contributed by atoms with van der Waals surface area (Å²) >= 11 is 0. The number of amides is 2. The fourth-order valence-electron chi connectivity index (χ4n) is 4.00. The van der Waals surface area contributed by atoms with Crippen LogP contribution in [-0.2, 0) is 16.1 Å². The second-order valence-electron chi connectivity index (χ2n) is 8.27. The molecule has 164 valence electrons. The first-order chi connectivity index (χ1) is 15.1. The maximum atomic E-state index is 12.9. The van der Waals surface area contributed by atoms with Crippen LogP contribution < -0.4 is 4.74 Å². The molecule has 1 unspecified atom stereocenters. The van der Waals surface area contributed by atoms with Crippen molar-refractivity contribution in [3.05, 3.63) is 59.9 Å².